The summed E-state index contributed by atoms with van der Waals surface area (Å²) in [6, 6.07) is 17.4. The molecular weight excluding hydrogens is 518 g/mol. The van der Waals surface area contributed by atoms with Crippen LogP contribution in [0.3, 0.4) is 0 Å². The average molecular weight is 544 g/mol. The van der Waals surface area contributed by atoms with Crippen LogP contribution < -0.4 is 10.9 Å². The van der Waals surface area contributed by atoms with Gasteiger partial charge in [-0.25, -0.2) is 9.78 Å². The van der Waals surface area contributed by atoms with Crippen LogP contribution >= 0.6 is 22.7 Å². The largest absolute Gasteiger partial charge is 0.462 e. The molecule has 0 spiro atoms. The predicted octanol–water partition coefficient (Wildman–Crippen LogP) is 6.29. The number of aromatic nitrogens is 2. The van der Waals surface area contributed by atoms with E-state index in [0.29, 0.717) is 15.2 Å². The number of thiophene rings is 2. The first-order valence-corrected chi connectivity index (χ1v) is 13.8. The molecule has 38 heavy (non-hydrogen) atoms. The van der Waals surface area contributed by atoms with E-state index in [-0.39, 0.29) is 24.3 Å². The second kappa shape index (κ2) is 10.7. The number of nitrogens with one attached hydrogen (secondary N) is 1. The third-order valence-electron chi connectivity index (χ3n) is 6.09. The van der Waals surface area contributed by atoms with Gasteiger partial charge in [0.25, 0.3) is 5.56 Å². The summed E-state index contributed by atoms with van der Waals surface area (Å²) < 4.78 is 6.50. The molecule has 1 amide bonds. The van der Waals surface area contributed by atoms with Crippen LogP contribution in [-0.2, 0) is 16.1 Å². The molecule has 192 valence electrons. The Morgan fingerprint density at radius 2 is 1.84 bits per heavy atom. The number of amides is 1. The van der Waals surface area contributed by atoms with Gasteiger partial charge in [-0.2, -0.15) is 0 Å². The number of carbonyl (C=O) groups excluding carboxylic acids is 2. The smallest absolute Gasteiger partial charge is 0.341 e. The SMILES string of the molecule is CCOC(=O)c1cc(-c2ccccc2)sc1NC(=O)Cn1cnc2scc(-c3ccc(C)cc3C)c2c1=O. The van der Waals surface area contributed by atoms with Crippen LogP contribution in [0.25, 0.3) is 31.8 Å². The maximum atomic E-state index is 13.5. The number of rotatable bonds is 7. The summed E-state index contributed by atoms with van der Waals surface area (Å²) >= 11 is 2.68. The van der Waals surface area contributed by atoms with Gasteiger partial charge in [0.05, 0.1) is 23.9 Å². The van der Waals surface area contributed by atoms with Gasteiger partial charge in [-0.15, -0.1) is 22.7 Å². The molecule has 5 rings (SSSR count). The zero-order valence-electron chi connectivity index (χ0n) is 21.1. The fraction of sp³-hybridized carbons (Fsp3) is 0.172. The zero-order chi connectivity index (χ0) is 26.8. The molecule has 0 atom stereocenters. The average Bonchev–Trinajstić information content (AvgIpc) is 3.51. The van der Waals surface area contributed by atoms with Gasteiger partial charge in [-0.05, 0) is 43.5 Å². The van der Waals surface area contributed by atoms with E-state index < -0.39 is 11.9 Å². The number of aryl methyl sites for hydroxylation is 2. The Hall–Kier alpha value is -4.08. The van der Waals surface area contributed by atoms with Crippen molar-refractivity contribution in [2.45, 2.75) is 27.3 Å². The van der Waals surface area contributed by atoms with Crippen molar-refractivity contribution in [1.82, 2.24) is 9.55 Å². The summed E-state index contributed by atoms with van der Waals surface area (Å²) in [4.78, 5) is 45.1. The van der Waals surface area contributed by atoms with Gasteiger partial charge in [0.1, 0.15) is 16.4 Å². The van der Waals surface area contributed by atoms with Crippen LogP contribution in [0.15, 0.2) is 71.1 Å². The van der Waals surface area contributed by atoms with Crippen molar-refractivity contribution in [3.05, 3.63) is 93.3 Å². The highest BCUT2D eigenvalue weighted by molar-refractivity contribution is 7.20. The Labute approximate surface area is 227 Å². The van der Waals surface area contributed by atoms with Crippen LogP contribution in [0.5, 0.6) is 0 Å². The van der Waals surface area contributed by atoms with E-state index in [9.17, 15) is 14.4 Å². The van der Waals surface area contributed by atoms with Gasteiger partial charge in [0.2, 0.25) is 5.91 Å². The van der Waals surface area contributed by atoms with Crippen molar-refractivity contribution in [2.24, 2.45) is 0 Å². The molecule has 7 nitrogen and oxygen atoms in total. The molecule has 0 aliphatic carbocycles. The Morgan fingerprint density at radius 3 is 2.58 bits per heavy atom. The number of esters is 1. The number of hydrogen-bond acceptors (Lipinski definition) is 7. The maximum Gasteiger partial charge on any atom is 0.341 e. The minimum absolute atomic E-state index is 0.216. The highest BCUT2D eigenvalue weighted by Crippen LogP contribution is 2.36. The lowest BCUT2D eigenvalue weighted by Gasteiger charge is -2.09. The Kier molecular flexibility index (Phi) is 7.22. The fourth-order valence-electron chi connectivity index (χ4n) is 4.30. The molecule has 0 aliphatic rings. The topological polar surface area (TPSA) is 90.3 Å². The maximum absolute atomic E-state index is 13.5. The van der Waals surface area contributed by atoms with Crippen molar-refractivity contribution in [1.29, 1.82) is 0 Å². The zero-order valence-corrected chi connectivity index (χ0v) is 22.7. The Morgan fingerprint density at radius 1 is 1.05 bits per heavy atom. The lowest BCUT2D eigenvalue weighted by Crippen LogP contribution is -2.28. The number of benzene rings is 2. The summed E-state index contributed by atoms with van der Waals surface area (Å²) in [5, 5.41) is 5.62. The number of fused-ring (bicyclic) bond motifs is 1. The van der Waals surface area contributed by atoms with Crippen molar-refractivity contribution in [3.8, 4) is 21.6 Å². The molecule has 0 fully saturated rings. The van der Waals surface area contributed by atoms with Crippen molar-refractivity contribution in [2.75, 3.05) is 11.9 Å². The van der Waals surface area contributed by atoms with Gasteiger partial charge in [0, 0.05) is 15.8 Å². The fourth-order valence-corrected chi connectivity index (χ4v) is 6.27. The molecule has 9 heteroatoms. The molecule has 0 aliphatic heterocycles. The molecule has 0 unspecified atom stereocenters. The van der Waals surface area contributed by atoms with E-state index >= 15 is 0 Å². The van der Waals surface area contributed by atoms with E-state index in [1.165, 1.54) is 33.6 Å². The summed E-state index contributed by atoms with van der Waals surface area (Å²) in [5.41, 5.74) is 4.90. The Balaban J connectivity index is 1.45. The van der Waals surface area contributed by atoms with Crippen LogP contribution in [-0.4, -0.2) is 28.0 Å². The summed E-state index contributed by atoms with van der Waals surface area (Å²) in [6.07, 6.45) is 1.39. The van der Waals surface area contributed by atoms with E-state index in [1.54, 1.807) is 13.0 Å². The standard InChI is InChI=1S/C29H25N3O4S2/c1-4-36-29(35)21-13-23(19-8-6-5-7-9-19)38-26(21)31-24(33)14-32-16-30-27-25(28(32)34)22(15-37-27)20-11-10-17(2)12-18(20)3/h5-13,15-16H,4,14H2,1-3H3,(H,31,33). The highest BCUT2D eigenvalue weighted by Gasteiger charge is 2.21. The molecule has 3 heterocycles. The first kappa shape index (κ1) is 25.6. The molecule has 0 radical (unpaired) electrons. The molecule has 2 aromatic carbocycles. The lowest BCUT2D eigenvalue weighted by atomic mass is 9.99. The minimum atomic E-state index is -0.516. The predicted molar refractivity (Wildman–Crippen MR) is 153 cm³/mol. The number of carbonyl (C=O) groups is 2. The van der Waals surface area contributed by atoms with Gasteiger partial charge >= 0.3 is 5.97 Å². The summed E-state index contributed by atoms with van der Waals surface area (Å²) in [6.45, 7) is 5.74. The molecule has 3 aromatic heterocycles. The van der Waals surface area contributed by atoms with E-state index in [2.05, 4.69) is 16.4 Å². The minimum Gasteiger partial charge on any atom is -0.462 e. The van der Waals surface area contributed by atoms with E-state index in [4.69, 9.17) is 4.74 Å². The molecule has 0 bridgehead atoms. The van der Waals surface area contributed by atoms with Gasteiger partial charge in [-0.1, -0.05) is 54.1 Å². The van der Waals surface area contributed by atoms with E-state index in [0.717, 1.165) is 32.7 Å². The quantitative estimate of drug-likeness (QED) is 0.244. The van der Waals surface area contributed by atoms with Crippen molar-refractivity contribution in [3.63, 3.8) is 0 Å². The molecule has 1 N–H and O–H groups in total. The van der Waals surface area contributed by atoms with Crippen LogP contribution in [0.4, 0.5) is 5.00 Å². The van der Waals surface area contributed by atoms with Crippen LogP contribution in [0.2, 0.25) is 0 Å². The molecule has 5 aromatic rings. The third-order valence-corrected chi connectivity index (χ3v) is 8.07. The highest BCUT2D eigenvalue weighted by atomic mass is 32.1. The summed E-state index contributed by atoms with van der Waals surface area (Å²) in [7, 11) is 0. The summed E-state index contributed by atoms with van der Waals surface area (Å²) in [5.74, 6) is -0.957. The van der Waals surface area contributed by atoms with Crippen molar-refractivity contribution < 1.29 is 14.3 Å². The Bertz CT molecular complexity index is 1720. The van der Waals surface area contributed by atoms with Crippen molar-refractivity contribution >= 4 is 49.8 Å². The van der Waals surface area contributed by atoms with Crippen LogP contribution in [0, 0.1) is 13.8 Å². The monoisotopic (exact) mass is 543 g/mol. The first-order chi connectivity index (χ1) is 18.4. The first-order valence-electron chi connectivity index (χ1n) is 12.1. The second-order valence-electron chi connectivity index (χ2n) is 8.81. The molecule has 0 saturated heterocycles. The van der Waals surface area contributed by atoms with Gasteiger partial charge in [-0.3, -0.25) is 14.2 Å². The van der Waals surface area contributed by atoms with Gasteiger partial charge < -0.3 is 10.1 Å². The molecular formula is C29H25N3O4S2. The lowest BCUT2D eigenvalue weighted by molar-refractivity contribution is -0.116. The second-order valence-corrected chi connectivity index (χ2v) is 10.7. The third kappa shape index (κ3) is 5.03. The number of ether oxygens (including phenoxy) is 1. The van der Waals surface area contributed by atoms with Crippen LogP contribution in [0.1, 0.15) is 28.4 Å². The van der Waals surface area contributed by atoms with Gasteiger partial charge in [0.15, 0.2) is 0 Å². The normalized spacial score (nSPS) is 11.0. The molecule has 0 saturated carbocycles. The van der Waals surface area contributed by atoms with E-state index in [1.807, 2.05) is 61.7 Å². The number of hydrogen-bond donors (Lipinski definition) is 1. The number of anilines is 1. The number of nitrogens with zero attached hydrogens (tertiary/aromatic N) is 2.